The average Bonchev–Trinajstić information content (AvgIpc) is 3.26. The number of hydrogen-bond donors (Lipinski definition) is 0. The van der Waals surface area contributed by atoms with Gasteiger partial charge in [-0.15, -0.1) is 0 Å². The Bertz CT molecular complexity index is 1320. The third-order valence-corrected chi connectivity index (χ3v) is 8.28. The Labute approximate surface area is 215 Å². The highest BCUT2D eigenvalue weighted by Crippen LogP contribution is 2.43. The minimum absolute atomic E-state index is 0.241. The van der Waals surface area contributed by atoms with Crippen molar-refractivity contribution < 1.29 is 18.7 Å². The molecule has 8 nitrogen and oxygen atoms in total. The number of pyridine rings is 1. The predicted octanol–water partition coefficient (Wildman–Crippen LogP) is 4.25. The van der Waals surface area contributed by atoms with Gasteiger partial charge in [0, 0.05) is 51.0 Å². The van der Waals surface area contributed by atoms with Crippen molar-refractivity contribution in [3.05, 3.63) is 47.5 Å². The number of carbonyl (C=O) groups excluding carboxylic acids is 2. The number of anilines is 1. The van der Waals surface area contributed by atoms with E-state index in [1.54, 1.807) is 16.8 Å². The molecule has 3 aliphatic rings. The maximum absolute atomic E-state index is 13.7. The number of likely N-dealkylation sites (tertiary alicyclic amines) is 1. The minimum atomic E-state index is -0.493. The summed E-state index contributed by atoms with van der Waals surface area (Å²) in [5, 5.41) is 5.98. The smallest absolute Gasteiger partial charge is 0.356 e. The average molecular weight is 506 g/mol. The highest BCUT2D eigenvalue weighted by molar-refractivity contribution is 5.99. The molecule has 9 heteroatoms. The number of fused-ring (bicyclic) bond motifs is 1. The highest BCUT2D eigenvalue weighted by atomic mass is 19.1. The molecule has 3 fully saturated rings. The van der Waals surface area contributed by atoms with E-state index in [-0.39, 0.29) is 11.5 Å². The molecular formula is C28H32FN5O3. The first-order chi connectivity index (χ1) is 18.0. The third kappa shape index (κ3) is 4.50. The van der Waals surface area contributed by atoms with Crippen molar-refractivity contribution in [3.8, 4) is 5.69 Å². The lowest BCUT2D eigenvalue weighted by Crippen LogP contribution is -2.48. The molecule has 0 unspecified atom stereocenters. The van der Waals surface area contributed by atoms with Gasteiger partial charge in [0.2, 0.25) is 0 Å². The Morgan fingerprint density at radius 3 is 2.35 bits per heavy atom. The van der Waals surface area contributed by atoms with E-state index in [4.69, 9.17) is 14.8 Å². The Hall–Kier alpha value is -3.33. The zero-order valence-electron chi connectivity index (χ0n) is 21.2. The van der Waals surface area contributed by atoms with Crippen LogP contribution in [0.25, 0.3) is 16.7 Å². The molecule has 37 heavy (non-hydrogen) atoms. The van der Waals surface area contributed by atoms with E-state index in [9.17, 15) is 14.0 Å². The van der Waals surface area contributed by atoms with Gasteiger partial charge in [0.15, 0.2) is 11.3 Å². The molecule has 194 valence electrons. The fourth-order valence-corrected chi connectivity index (χ4v) is 5.92. The van der Waals surface area contributed by atoms with Gasteiger partial charge in [-0.05, 0) is 56.0 Å². The van der Waals surface area contributed by atoms with Crippen LogP contribution in [0.15, 0.2) is 30.3 Å². The van der Waals surface area contributed by atoms with E-state index in [0.717, 1.165) is 68.6 Å². The van der Waals surface area contributed by atoms with E-state index in [0.29, 0.717) is 41.9 Å². The van der Waals surface area contributed by atoms with Crippen LogP contribution < -0.4 is 4.90 Å². The molecule has 2 aromatic heterocycles. The van der Waals surface area contributed by atoms with Crippen LogP contribution in [0, 0.1) is 5.82 Å². The van der Waals surface area contributed by atoms with Gasteiger partial charge in [-0.25, -0.2) is 18.9 Å². The number of carbonyl (C=O) groups is 2. The Balaban J connectivity index is 1.41. The number of Topliss-reactive ketones (excluding diaryl/α,β-unsaturated/α-hetero) is 1. The number of piperidine rings is 2. The minimum Gasteiger partial charge on any atom is -0.464 e. The van der Waals surface area contributed by atoms with Gasteiger partial charge in [-0.2, -0.15) is 5.10 Å². The maximum Gasteiger partial charge on any atom is 0.356 e. The number of rotatable bonds is 5. The van der Waals surface area contributed by atoms with Crippen molar-refractivity contribution in [2.45, 2.75) is 56.9 Å². The third-order valence-electron chi connectivity index (χ3n) is 8.28. The normalized spacial score (nSPS) is 19.8. The number of ketones is 1. The summed E-state index contributed by atoms with van der Waals surface area (Å²) in [6.07, 6.45) is 6.62. The summed E-state index contributed by atoms with van der Waals surface area (Å²) in [4.78, 5) is 33.9. The number of hydrogen-bond acceptors (Lipinski definition) is 7. The summed E-state index contributed by atoms with van der Waals surface area (Å²) < 4.78 is 20.5. The molecule has 0 amide bonds. The van der Waals surface area contributed by atoms with Gasteiger partial charge in [0.1, 0.15) is 11.6 Å². The first-order valence-electron chi connectivity index (χ1n) is 13.3. The number of esters is 1. The van der Waals surface area contributed by atoms with Crippen molar-refractivity contribution in [2.75, 3.05) is 38.2 Å². The predicted molar refractivity (Wildman–Crippen MR) is 138 cm³/mol. The monoisotopic (exact) mass is 505 g/mol. The molecule has 0 atom stereocenters. The standard InChI is InChI=1S/C28H32FN5O3/c1-37-28(36)23-17-24(33-13-9-20(10-14-33)32-15-11-22(35)12-16-32)25-26(18-3-2-4-18)31-34(27(25)30-23)21-7-5-19(29)6-8-21/h5-8,17-18,20H,2-4,9-16H2,1H3. The molecule has 2 saturated heterocycles. The lowest BCUT2D eigenvalue weighted by molar-refractivity contribution is -0.122. The SMILES string of the molecule is COC(=O)c1cc(N2CCC(N3CCC(=O)CC3)CC2)c2c(C3CCC3)nn(-c3ccc(F)cc3)c2n1. The van der Waals surface area contributed by atoms with Crippen molar-refractivity contribution in [1.82, 2.24) is 19.7 Å². The van der Waals surface area contributed by atoms with Crippen LogP contribution in [0.4, 0.5) is 10.1 Å². The molecule has 0 bridgehead atoms. The van der Waals surface area contributed by atoms with E-state index in [1.165, 1.54) is 25.7 Å². The number of benzene rings is 1. The van der Waals surface area contributed by atoms with Gasteiger partial charge in [0.05, 0.1) is 29.6 Å². The van der Waals surface area contributed by atoms with Gasteiger partial charge in [-0.1, -0.05) is 6.42 Å². The molecule has 1 aromatic carbocycles. The Morgan fingerprint density at radius 2 is 1.73 bits per heavy atom. The number of ether oxygens (including phenoxy) is 1. The second-order valence-electron chi connectivity index (χ2n) is 10.4. The molecule has 1 aliphatic carbocycles. The summed E-state index contributed by atoms with van der Waals surface area (Å²) >= 11 is 0. The molecule has 1 saturated carbocycles. The zero-order valence-corrected chi connectivity index (χ0v) is 21.2. The summed E-state index contributed by atoms with van der Waals surface area (Å²) in [7, 11) is 1.36. The molecule has 0 spiro atoms. The van der Waals surface area contributed by atoms with Crippen molar-refractivity contribution >= 4 is 28.5 Å². The number of halogens is 1. The molecule has 3 aromatic rings. The van der Waals surface area contributed by atoms with Crippen LogP contribution in [0.1, 0.15) is 67.0 Å². The van der Waals surface area contributed by atoms with Gasteiger partial charge < -0.3 is 9.64 Å². The van der Waals surface area contributed by atoms with Crippen LogP contribution in [0.3, 0.4) is 0 Å². The van der Waals surface area contributed by atoms with Gasteiger partial charge in [0.25, 0.3) is 0 Å². The quantitative estimate of drug-likeness (QED) is 0.480. The van der Waals surface area contributed by atoms with Gasteiger partial charge >= 0.3 is 5.97 Å². The topological polar surface area (TPSA) is 80.6 Å². The van der Waals surface area contributed by atoms with Crippen LogP contribution in [0.5, 0.6) is 0 Å². The van der Waals surface area contributed by atoms with Crippen LogP contribution in [-0.2, 0) is 9.53 Å². The number of aromatic nitrogens is 3. The fourth-order valence-electron chi connectivity index (χ4n) is 5.92. The van der Waals surface area contributed by atoms with Crippen LogP contribution >= 0.6 is 0 Å². The summed E-state index contributed by atoms with van der Waals surface area (Å²) in [6, 6.07) is 8.52. The first-order valence-corrected chi connectivity index (χ1v) is 13.3. The number of methoxy groups -OCH3 is 1. The molecule has 6 rings (SSSR count). The molecule has 2 aliphatic heterocycles. The lowest BCUT2D eigenvalue weighted by atomic mass is 9.82. The van der Waals surface area contributed by atoms with E-state index >= 15 is 0 Å². The van der Waals surface area contributed by atoms with Crippen LogP contribution in [0.2, 0.25) is 0 Å². The Morgan fingerprint density at radius 1 is 1.03 bits per heavy atom. The summed E-state index contributed by atoms with van der Waals surface area (Å²) in [5.74, 6) is -0.0978. The van der Waals surface area contributed by atoms with E-state index in [2.05, 4.69) is 9.80 Å². The molecule has 4 heterocycles. The summed E-state index contributed by atoms with van der Waals surface area (Å²) in [6.45, 7) is 3.40. The highest BCUT2D eigenvalue weighted by Gasteiger charge is 2.33. The van der Waals surface area contributed by atoms with Crippen LogP contribution in [-0.4, -0.2) is 70.7 Å². The molecular weight excluding hydrogens is 473 g/mol. The van der Waals surface area contributed by atoms with Gasteiger partial charge in [-0.3, -0.25) is 9.69 Å². The van der Waals surface area contributed by atoms with E-state index < -0.39 is 5.97 Å². The number of nitrogens with zero attached hydrogens (tertiary/aromatic N) is 5. The summed E-state index contributed by atoms with van der Waals surface area (Å²) in [5.41, 5.74) is 3.51. The fraction of sp³-hybridized carbons (Fsp3) is 0.500. The zero-order chi connectivity index (χ0) is 25.5. The maximum atomic E-state index is 13.7. The van der Waals surface area contributed by atoms with Crippen molar-refractivity contribution in [2.24, 2.45) is 0 Å². The lowest BCUT2D eigenvalue weighted by Gasteiger charge is -2.41. The second kappa shape index (κ2) is 9.85. The first kappa shape index (κ1) is 24.0. The largest absolute Gasteiger partial charge is 0.464 e. The van der Waals surface area contributed by atoms with E-state index in [1.807, 2.05) is 6.07 Å². The second-order valence-corrected chi connectivity index (χ2v) is 10.4. The van der Waals surface area contributed by atoms with Crippen molar-refractivity contribution in [1.29, 1.82) is 0 Å². The van der Waals surface area contributed by atoms with Crippen molar-refractivity contribution in [3.63, 3.8) is 0 Å². The molecule has 0 N–H and O–H groups in total. The molecule has 0 radical (unpaired) electrons. The Kier molecular flexibility index (Phi) is 6.40.